The van der Waals surface area contributed by atoms with Crippen molar-refractivity contribution < 1.29 is 38.9 Å². The molecule has 25 heavy (non-hydrogen) atoms. The van der Waals surface area contributed by atoms with E-state index in [0.717, 1.165) is 0 Å². The minimum atomic E-state index is -1.29. The molecule has 132 valence electrons. The Labute approximate surface area is 145 Å². The number of imide groups is 1. The van der Waals surface area contributed by atoms with E-state index in [2.05, 4.69) is 0 Å². The number of ether oxygens (including phenoxy) is 2. The third kappa shape index (κ3) is 4.51. The maximum Gasteiger partial charge on any atom is 0.341 e. The van der Waals surface area contributed by atoms with Gasteiger partial charge in [-0.1, -0.05) is 6.07 Å². The van der Waals surface area contributed by atoms with Crippen LogP contribution >= 0.6 is 11.8 Å². The Balaban J connectivity index is 2.23. The van der Waals surface area contributed by atoms with Crippen molar-refractivity contribution >= 4 is 40.9 Å². The Bertz CT molecular complexity index is 773. The Morgan fingerprint density at radius 1 is 1.20 bits per heavy atom. The maximum absolute atomic E-state index is 12.1. The quantitative estimate of drug-likeness (QED) is 0.684. The van der Waals surface area contributed by atoms with Crippen molar-refractivity contribution in [3.8, 4) is 11.5 Å². The summed E-state index contributed by atoms with van der Waals surface area (Å²) >= 11 is 0.636. The lowest BCUT2D eigenvalue weighted by molar-refractivity contribution is -0.140. The summed E-state index contributed by atoms with van der Waals surface area (Å²) in [5.41, 5.74) is 0.500. The second kappa shape index (κ2) is 7.71. The number of methoxy groups -OCH3 is 1. The first-order chi connectivity index (χ1) is 11.8. The van der Waals surface area contributed by atoms with Crippen molar-refractivity contribution in [1.29, 1.82) is 0 Å². The smallest absolute Gasteiger partial charge is 0.341 e. The number of amides is 2. The van der Waals surface area contributed by atoms with Gasteiger partial charge < -0.3 is 19.7 Å². The molecule has 0 bridgehead atoms. The largest absolute Gasteiger partial charge is 0.493 e. The highest BCUT2D eigenvalue weighted by molar-refractivity contribution is 8.18. The number of carbonyl (C=O) groups excluding carboxylic acids is 2. The highest BCUT2D eigenvalue weighted by Crippen LogP contribution is 2.34. The van der Waals surface area contributed by atoms with E-state index in [1.165, 1.54) is 25.3 Å². The standard InChI is InChI=1S/C15H13NO8S/c1-23-10-4-8(2-3-9(10)24-7-13(19)20)5-11-14(21)16(6-12(17)18)15(22)25-11/h2-5H,6-7H2,1H3,(H,17,18)(H,19,20). The molecule has 1 fully saturated rings. The molecule has 0 spiro atoms. The number of carbonyl (C=O) groups is 4. The van der Waals surface area contributed by atoms with E-state index in [0.29, 0.717) is 22.2 Å². The summed E-state index contributed by atoms with van der Waals surface area (Å²) in [5, 5.41) is 16.7. The molecule has 0 radical (unpaired) electrons. The van der Waals surface area contributed by atoms with Gasteiger partial charge in [0.15, 0.2) is 18.1 Å². The number of hydrogen-bond acceptors (Lipinski definition) is 7. The Kier molecular flexibility index (Phi) is 5.65. The highest BCUT2D eigenvalue weighted by atomic mass is 32.2. The molecule has 2 rings (SSSR count). The zero-order chi connectivity index (χ0) is 18.6. The normalized spacial score (nSPS) is 15.6. The molecule has 1 aliphatic heterocycles. The third-order valence-electron chi connectivity index (χ3n) is 3.00. The molecule has 2 N–H and O–H groups in total. The molecule has 1 aromatic rings. The monoisotopic (exact) mass is 367 g/mol. The Morgan fingerprint density at radius 2 is 1.92 bits per heavy atom. The third-order valence-corrected chi connectivity index (χ3v) is 3.91. The van der Waals surface area contributed by atoms with Crippen LogP contribution in [0.5, 0.6) is 11.5 Å². The molecule has 0 atom stereocenters. The number of carboxylic acid groups (broad SMARTS) is 2. The molecule has 2 amide bonds. The predicted molar refractivity (Wildman–Crippen MR) is 86.4 cm³/mol. The van der Waals surface area contributed by atoms with Crippen LogP contribution in [0.1, 0.15) is 5.56 Å². The van der Waals surface area contributed by atoms with Gasteiger partial charge in [-0.15, -0.1) is 0 Å². The molecule has 1 saturated heterocycles. The SMILES string of the molecule is COc1cc(C=C2SC(=O)N(CC(=O)O)C2=O)ccc1OCC(=O)O. The summed E-state index contributed by atoms with van der Waals surface area (Å²) in [4.78, 5) is 45.8. The maximum atomic E-state index is 12.1. The number of carboxylic acids is 2. The first-order valence-electron chi connectivity index (χ1n) is 6.81. The van der Waals surface area contributed by atoms with Crippen LogP contribution in [0.2, 0.25) is 0 Å². The van der Waals surface area contributed by atoms with Crippen molar-refractivity contribution in [2.75, 3.05) is 20.3 Å². The van der Waals surface area contributed by atoms with Crippen LogP contribution in [0.25, 0.3) is 6.08 Å². The molecule has 0 aromatic heterocycles. The summed E-state index contributed by atoms with van der Waals surface area (Å²) in [6, 6.07) is 4.52. The molecule has 0 saturated carbocycles. The second-order valence-electron chi connectivity index (χ2n) is 4.75. The van der Waals surface area contributed by atoms with Crippen LogP contribution in [0.3, 0.4) is 0 Å². The van der Waals surface area contributed by atoms with Gasteiger partial charge in [-0.3, -0.25) is 19.3 Å². The van der Waals surface area contributed by atoms with Gasteiger partial charge in [-0.05, 0) is 35.5 Å². The van der Waals surface area contributed by atoms with E-state index in [4.69, 9.17) is 19.7 Å². The van der Waals surface area contributed by atoms with Crippen molar-refractivity contribution in [3.05, 3.63) is 28.7 Å². The van der Waals surface area contributed by atoms with Gasteiger partial charge in [-0.25, -0.2) is 4.79 Å². The zero-order valence-electron chi connectivity index (χ0n) is 12.9. The summed E-state index contributed by atoms with van der Waals surface area (Å²) in [6.07, 6.45) is 1.41. The van der Waals surface area contributed by atoms with Gasteiger partial charge in [0, 0.05) is 0 Å². The summed E-state index contributed by atoms with van der Waals surface area (Å²) in [6.45, 7) is -1.24. The Hall–Kier alpha value is -3.01. The van der Waals surface area contributed by atoms with Gasteiger partial charge in [0.25, 0.3) is 11.1 Å². The summed E-state index contributed by atoms with van der Waals surface area (Å²) in [5.74, 6) is -2.66. The van der Waals surface area contributed by atoms with E-state index in [9.17, 15) is 19.2 Å². The van der Waals surface area contributed by atoms with E-state index in [1.807, 2.05) is 0 Å². The number of thioether (sulfide) groups is 1. The second-order valence-corrected chi connectivity index (χ2v) is 5.75. The Morgan fingerprint density at radius 3 is 2.52 bits per heavy atom. The summed E-state index contributed by atoms with van der Waals surface area (Å²) < 4.78 is 10.2. The van der Waals surface area contributed by atoms with Gasteiger partial charge >= 0.3 is 11.9 Å². The lowest BCUT2D eigenvalue weighted by Gasteiger charge is -2.10. The molecule has 0 unspecified atom stereocenters. The first kappa shape index (κ1) is 18.3. The zero-order valence-corrected chi connectivity index (χ0v) is 13.7. The number of hydrogen-bond donors (Lipinski definition) is 2. The van der Waals surface area contributed by atoms with E-state index >= 15 is 0 Å². The molecule has 1 aliphatic rings. The lowest BCUT2D eigenvalue weighted by atomic mass is 10.2. The fourth-order valence-electron chi connectivity index (χ4n) is 1.96. The number of rotatable bonds is 7. The molecule has 10 heteroatoms. The number of benzene rings is 1. The van der Waals surface area contributed by atoms with Crippen molar-refractivity contribution in [3.63, 3.8) is 0 Å². The van der Waals surface area contributed by atoms with E-state index in [1.54, 1.807) is 6.07 Å². The first-order valence-corrected chi connectivity index (χ1v) is 7.63. The van der Waals surface area contributed by atoms with E-state index in [-0.39, 0.29) is 16.4 Å². The van der Waals surface area contributed by atoms with Crippen molar-refractivity contribution in [1.82, 2.24) is 4.90 Å². The fourth-order valence-corrected chi connectivity index (χ4v) is 2.79. The molecule has 0 aliphatic carbocycles. The van der Waals surface area contributed by atoms with E-state index < -0.39 is 36.2 Å². The van der Waals surface area contributed by atoms with Crippen molar-refractivity contribution in [2.45, 2.75) is 0 Å². The predicted octanol–water partition coefficient (Wildman–Crippen LogP) is 1.28. The minimum absolute atomic E-state index is 0.0764. The van der Waals surface area contributed by atoms with Crippen LogP contribution in [0.15, 0.2) is 23.1 Å². The molecule has 1 aromatic carbocycles. The van der Waals surface area contributed by atoms with Gasteiger partial charge in [-0.2, -0.15) is 0 Å². The highest BCUT2D eigenvalue weighted by Gasteiger charge is 2.36. The average molecular weight is 367 g/mol. The topological polar surface area (TPSA) is 130 Å². The van der Waals surface area contributed by atoms with Gasteiger partial charge in [0.2, 0.25) is 0 Å². The van der Waals surface area contributed by atoms with Gasteiger partial charge in [0.05, 0.1) is 12.0 Å². The number of nitrogens with zero attached hydrogens (tertiary/aromatic N) is 1. The molecular formula is C15H13NO8S. The molecular weight excluding hydrogens is 354 g/mol. The van der Waals surface area contributed by atoms with Crippen LogP contribution in [-0.2, 0) is 14.4 Å². The molecule has 9 nitrogen and oxygen atoms in total. The van der Waals surface area contributed by atoms with Crippen LogP contribution < -0.4 is 9.47 Å². The lowest BCUT2D eigenvalue weighted by Crippen LogP contribution is -2.33. The summed E-state index contributed by atoms with van der Waals surface area (Å²) in [7, 11) is 1.37. The average Bonchev–Trinajstić information content (AvgIpc) is 2.80. The fraction of sp³-hybridized carbons (Fsp3) is 0.200. The molecule has 1 heterocycles. The van der Waals surface area contributed by atoms with Crippen molar-refractivity contribution in [2.24, 2.45) is 0 Å². The van der Waals surface area contributed by atoms with Crippen LogP contribution in [-0.4, -0.2) is 58.5 Å². The van der Waals surface area contributed by atoms with Crippen LogP contribution in [0, 0.1) is 0 Å². The number of aliphatic carboxylic acids is 2. The minimum Gasteiger partial charge on any atom is -0.493 e. The van der Waals surface area contributed by atoms with Crippen LogP contribution in [0.4, 0.5) is 4.79 Å². The van der Waals surface area contributed by atoms with Gasteiger partial charge in [0.1, 0.15) is 6.54 Å².